The largest absolute Gasteiger partial charge is 0.321 e. The van der Waals surface area contributed by atoms with Gasteiger partial charge in [0.25, 0.3) is 5.56 Å². The number of hydrogen-bond acceptors (Lipinski definition) is 4. The van der Waals surface area contributed by atoms with Crippen LogP contribution in [0.1, 0.15) is 0 Å². The number of pyridine rings is 1. The molecular weight excluding hydrogens is 408 g/mol. The highest BCUT2D eigenvalue weighted by molar-refractivity contribution is 8.01. The molecule has 5 aromatic rings. The van der Waals surface area contributed by atoms with Crippen molar-refractivity contribution in [3.8, 4) is 11.1 Å². The van der Waals surface area contributed by atoms with Crippen molar-refractivity contribution in [2.75, 3.05) is 0 Å². The Balaban J connectivity index is 1.76. The molecule has 0 saturated heterocycles. The third-order valence-electron chi connectivity index (χ3n) is 4.46. The van der Waals surface area contributed by atoms with Crippen LogP contribution in [0.15, 0.2) is 86.8 Å². The Hall–Kier alpha value is -2.60. The minimum atomic E-state index is -0.141. The number of rotatable bonds is 3. The van der Waals surface area contributed by atoms with Crippen molar-refractivity contribution < 1.29 is 0 Å². The van der Waals surface area contributed by atoms with E-state index in [1.165, 1.54) is 11.8 Å². The minimum absolute atomic E-state index is 0.141. The summed E-state index contributed by atoms with van der Waals surface area (Å²) in [5, 5.41) is 1.55. The molecule has 0 atom stereocenters. The van der Waals surface area contributed by atoms with Gasteiger partial charge in [0.1, 0.15) is 0 Å². The fraction of sp³-hybridized carbons (Fsp3) is 0. The van der Waals surface area contributed by atoms with Crippen molar-refractivity contribution in [1.82, 2.24) is 9.97 Å². The minimum Gasteiger partial charge on any atom is -0.321 e. The lowest BCUT2D eigenvalue weighted by molar-refractivity contribution is 1.19. The van der Waals surface area contributed by atoms with Crippen LogP contribution in [0.4, 0.5) is 0 Å². The van der Waals surface area contributed by atoms with Crippen molar-refractivity contribution in [3.63, 3.8) is 0 Å². The van der Waals surface area contributed by atoms with Gasteiger partial charge in [-0.15, -0.1) is 11.3 Å². The van der Waals surface area contributed by atoms with E-state index < -0.39 is 0 Å². The summed E-state index contributed by atoms with van der Waals surface area (Å²) in [4.78, 5) is 21.3. The number of nitrogens with one attached hydrogen (secondary N) is 1. The first kappa shape index (κ1) is 17.5. The van der Waals surface area contributed by atoms with Gasteiger partial charge in [0.05, 0.1) is 20.6 Å². The molecule has 3 aromatic carbocycles. The van der Waals surface area contributed by atoms with E-state index in [1.54, 1.807) is 17.4 Å². The number of para-hydroxylation sites is 1. The smallest absolute Gasteiger partial charge is 0.263 e. The van der Waals surface area contributed by atoms with Gasteiger partial charge in [0.2, 0.25) is 0 Å². The van der Waals surface area contributed by atoms with Crippen LogP contribution in [-0.2, 0) is 0 Å². The molecule has 0 unspecified atom stereocenters. The highest BCUT2D eigenvalue weighted by Crippen LogP contribution is 2.40. The summed E-state index contributed by atoms with van der Waals surface area (Å²) < 4.78 is 1.95. The van der Waals surface area contributed by atoms with E-state index >= 15 is 0 Å². The number of thiazole rings is 1. The fourth-order valence-electron chi connectivity index (χ4n) is 3.22. The number of benzene rings is 3. The average molecular weight is 421 g/mol. The van der Waals surface area contributed by atoms with Gasteiger partial charge >= 0.3 is 0 Å². The molecule has 2 aromatic heterocycles. The lowest BCUT2D eigenvalue weighted by Gasteiger charge is -2.12. The Morgan fingerprint density at radius 2 is 1.75 bits per heavy atom. The van der Waals surface area contributed by atoms with Crippen LogP contribution in [0, 0.1) is 0 Å². The van der Waals surface area contributed by atoms with Gasteiger partial charge in [-0.25, -0.2) is 4.98 Å². The Morgan fingerprint density at radius 3 is 2.57 bits per heavy atom. The number of H-pyrrole nitrogens is 1. The van der Waals surface area contributed by atoms with E-state index in [9.17, 15) is 4.79 Å². The van der Waals surface area contributed by atoms with Crippen LogP contribution in [-0.4, -0.2) is 9.97 Å². The average Bonchev–Trinajstić information content (AvgIpc) is 3.12. The molecule has 0 bridgehead atoms. The van der Waals surface area contributed by atoms with Crippen molar-refractivity contribution in [2.45, 2.75) is 9.24 Å². The molecule has 136 valence electrons. The van der Waals surface area contributed by atoms with Crippen molar-refractivity contribution in [1.29, 1.82) is 0 Å². The molecule has 0 fully saturated rings. The van der Waals surface area contributed by atoms with Crippen molar-refractivity contribution in [2.24, 2.45) is 0 Å². The summed E-state index contributed by atoms with van der Waals surface area (Å²) in [6.45, 7) is 0. The zero-order valence-electron chi connectivity index (χ0n) is 14.5. The number of nitrogens with zero attached hydrogens (tertiary/aromatic N) is 1. The van der Waals surface area contributed by atoms with E-state index in [0.717, 1.165) is 36.6 Å². The third-order valence-corrected chi connectivity index (χ3v) is 6.88. The number of aromatic amines is 1. The van der Waals surface area contributed by atoms with E-state index in [0.29, 0.717) is 9.92 Å². The predicted octanol–water partition coefficient (Wildman–Crippen LogP) is 6.61. The maximum Gasteiger partial charge on any atom is 0.263 e. The molecule has 0 amide bonds. The number of halogens is 1. The second-order valence-electron chi connectivity index (χ2n) is 6.26. The molecule has 0 aliphatic carbocycles. The Bertz CT molecular complexity index is 1340. The van der Waals surface area contributed by atoms with Crippen LogP contribution in [0.2, 0.25) is 5.02 Å². The molecule has 6 heteroatoms. The quantitative estimate of drug-likeness (QED) is 0.357. The van der Waals surface area contributed by atoms with Crippen molar-refractivity contribution in [3.05, 3.63) is 88.2 Å². The standard InChI is InChI=1S/C22H13ClN2OS2/c23-14-10-11-15-17(12-14)24-21(26)20(19(15)13-6-2-1-3-7-13)28-22-25-16-8-4-5-9-18(16)27-22/h1-12H,(H,24,26). The highest BCUT2D eigenvalue weighted by atomic mass is 35.5. The first-order valence-corrected chi connectivity index (χ1v) is 10.6. The summed E-state index contributed by atoms with van der Waals surface area (Å²) in [6, 6.07) is 23.6. The number of aromatic nitrogens is 2. The monoisotopic (exact) mass is 420 g/mol. The normalized spacial score (nSPS) is 11.3. The summed E-state index contributed by atoms with van der Waals surface area (Å²) in [5.41, 5.74) is 3.42. The third kappa shape index (κ3) is 3.11. The van der Waals surface area contributed by atoms with E-state index in [1.807, 2.05) is 66.7 Å². The SMILES string of the molecule is O=c1[nH]c2cc(Cl)ccc2c(-c2ccccc2)c1Sc1nc2ccccc2s1. The summed E-state index contributed by atoms with van der Waals surface area (Å²) >= 11 is 9.15. The topological polar surface area (TPSA) is 45.8 Å². The fourth-order valence-corrected chi connectivity index (χ4v) is 5.57. The lowest BCUT2D eigenvalue weighted by Crippen LogP contribution is -2.10. The lowest BCUT2D eigenvalue weighted by atomic mass is 10.0. The van der Waals surface area contributed by atoms with E-state index in [-0.39, 0.29) is 5.56 Å². The van der Waals surface area contributed by atoms with Gasteiger partial charge in [0, 0.05) is 16.0 Å². The second kappa shape index (κ2) is 7.09. The molecule has 1 N–H and O–H groups in total. The maximum absolute atomic E-state index is 13.0. The van der Waals surface area contributed by atoms with Gasteiger partial charge in [-0.3, -0.25) is 4.79 Å². The number of fused-ring (bicyclic) bond motifs is 2. The van der Waals surface area contributed by atoms with Gasteiger partial charge in [-0.1, -0.05) is 71.9 Å². The van der Waals surface area contributed by atoms with E-state index in [4.69, 9.17) is 11.6 Å². The zero-order chi connectivity index (χ0) is 19.1. The van der Waals surface area contributed by atoms with Gasteiger partial charge in [-0.05, 0) is 29.8 Å². The first-order valence-electron chi connectivity index (χ1n) is 8.63. The molecule has 3 nitrogen and oxygen atoms in total. The van der Waals surface area contributed by atoms with Crippen LogP contribution in [0.3, 0.4) is 0 Å². The predicted molar refractivity (Wildman–Crippen MR) is 119 cm³/mol. The Morgan fingerprint density at radius 1 is 0.964 bits per heavy atom. The van der Waals surface area contributed by atoms with Gasteiger partial charge in [-0.2, -0.15) is 0 Å². The van der Waals surface area contributed by atoms with Crippen LogP contribution in [0.5, 0.6) is 0 Å². The van der Waals surface area contributed by atoms with Crippen LogP contribution >= 0.6 is 34.7 Å². The van der Waals surface area contributed by atoms with Gasteiger partial charge < -0.3 is 4.98 Å². The maximum atomic E-state index is 13.0. The molecule has 2 heterocycles. The summed E-state index contributed by atoms with van der Waals surface area (Å²) in [5.74, 6) is 0. The summed E-state index contributed by atoms with van der Waals surface area (Å²) in [6.07, 6.45) is 0. The second-order valence-corrected chi connectivity index (χ2v) is 8.99. The molecule has 28 heavy (non-hydrogen) atoms. The Kier molecular flexibility index (Phi) is 4.43. The van der Waals surface area contributed by atoms with Gasteiger partial charge in [0.15, 0.2) is 4.34 Å². The highest BCUT2D eigenvalue weighted by Gasteiger charge is 2.18. The van der Waals surface area contributed by atoms with E-state index in [2.05, 4.69) is 9.97 Å². The molecule has 5 rings (SSSR count). The molecule has 0 aliphatic heterocycles. The molecule has 0 aliphatic rings. The summed E-state index contributed by atoms with van der Waals surface area (Å²) in [7, 11) is 0. The van der Waals surface area contributed by atoms with Crippen molar-refractivity contribution >= 4 is 55.8 Å². The molecular formula is C22H13ClN2OS2. The van der Waals surface area contributed by atoms with Crippen LogP contribution in [0.25, 0.3) is 32.2 Å². The zero-order valence-corrected chi connectivity index (χ0v) is 16.9. The molecule has 0 saturated carbocycles. The molecule has 0 radical (unpaired) electrons. The Labute approximate surface area is 174 Å². The molecule has 0 spiro atoms. The first-order chi connectivity index (χ1) is 13.7. The number of hydrogen-bond donors (Lipinski definition) is 1. The van der Waals surface area contributed by atoms with Crippen LogP contribution < -0.4 is 5.56 Å².